The van der Waals surface area contributed by atoms with Crippen molar-refractivity contribution in [1.82, 2.24) is 15.2 Å². The number of nitrogens with one attached hydrogen (secondary N) is 1. The Hall–Kier alpha value is -2.84. The van der Waals surface area contributed by atoms with Crippen molar-refractivity contribution in [3.05, 3.63) is 59.1 Å². The maximum absolute atomic E-state index is 12.1. The van der Waals surface area contributed by atoms with E-state index in [0.717, 1.165) is 16.1 Å². The first-order valence-corrected chi connectivity index (χ1v) is 9.71. The van der Waals surface area contributed by atoms with Crippen LogP contribution in [0, 0.1) is 0 Å². The van der Waals surface area contributed by atoms with Gasteiger partial charge >= 0.3 is 0 Å². The third-order valence-electron chi connectivity index (χ3n) is 3.58. The number of carbonyl (C=O) groups excluding carboxylic acids is 1. The van der Waals surface area contributed by atoms with E-state index >= 15 is 0 Å². The van der Waals surface area contributed by atoms with Gasteiger partial charge in [0.05, 0.1) is 10.6 Å². The number of hydrogen-bond acceptors (Lipinski definition) is 7. The highest BCUT2D eigenvalue weighted by molar-refractivity contribution is 7.16. The normalized spacial score (nSPS) is 10.8. The van der Waals surface area contributed by atoms with E-state index in [9.17, 15) is 4.79 Å². The summed E-state index contributed by atoms with van der Waals surface area (Å²) in [6, 6.07) is 13.5. The van der Waals surface area contributed by atoms with Crippen LogP contribution in [0.25, 0.3) is 22.0 Å². The van der Waals surface area contributed by atoms with Crippen LogP contribution in [-0.2, 0) is 11.2 Å². The zero-order valence-corrected chi connectivity index (χ0v) is 15.2. The van der Waals surface area contributed by atoms with Gasteiger partial charge in [-0.15, -0.1) is 32.9 Å². The van der Waals surface area contributed by atoms with Gasteiger partial charge in [0.15, 0.2) is 5.13 Å². The van der Waals surface area contributed by atoms with Crippen LogP contribution in [0.15, 0.2) is 57.6 Å². The topological polar surface area (TPSA) is 80.9 Å². The second kappa shape index (κ2) is 7.59. The van der Waals surface area contributed by atoms with Gasteiger partial charge in [-0.3, -0.25) is 4.79 Å². The van der Waals surface area contributed by atoms with Gasteiger partial charge in [-0.1, -0.05) is 24.3 Å². The molecule has 8 heteroatoms. The molecule has 0 unspecified atom stereocenters. The van der Waals surface area contributed by atoms with Crippen LogP contribution in [0.4, 0.5) is 5.13 Å². The number of rotatable bonds is 6. The Morgan fingerprint density at radius 2 is 1.96 bits per heavy atom. The first-order valence-electron chi connectivity index (χ1n) is 7.95. The molecule has 0 aliphatic heterocycles. The molecule has 130 valence electrons. The van der Waals surface area contributed by atoms with E-state index in [2.05, 4.69) is 20.5 Å². The predicted octanol–water partition coefficient (Wildman–Crippen LogP) is 4.49. The fourth-order valence-electron chi connectivity index (χ4n) is 2.32. The maximum Gasteiger partial charge on any atom is 0.247 e. The summed E-state index contributed by atoms with van der Waals surface area (Å²) in [5.74, 6) is 0.774. The summed E-state index contributed by atoms with van der Waals surface area (Å²) >= 11 is 3.03. The molecule has 0 fully saturated rings. The molecule has 1 N–H and O–H groups in total. The molecule has 0 spiro atoms. The van der Waals surface area contributed by atoms with E-state index in [-0.39, 0.29) is 12.3 Å². The summed E-state index contributed by atoms with van der Waals surface area (Å²) in [5, 5.41) is 15.4. The van der Waals surface area contributed by atoms with Gasteiger partial charge in [-0.05, 0) is 23.6 Å². The molecule has 4 rings (SSSR count). The third-order valence-corrected chi connectivity index (χ3v) is 5.23. The summed E-state index contributed by atoms with van der Waals surface area (Å²) in [5.41, 5.74) is 1.74. The lowest BCUT2D eigenvalue weighted by Crippen LogP contribution is -2.12. The van der Waals surface area contributed by atoms with Crippen molar-refractivity contribution in [2.45, 2.75) is 12.8 Å². The summed E-state index contributed by atoms with van der Waals surface area (Å²) in [6.07, 6.45) is 0.638. The molecule has 3 heterocycles. The quantitative estimate of drug-likeness (QED) is 0.531. The molecule has 1 amide bonds. The minimum Gasteiger partial charge on any atom is -0.421 e. The van der Waals surface area contributed by atoms with E-state index in [4.69, 9.17) is 4.42 Å². The maximum atomic E-state index is 12.1. The zero-order valence-electron chi connectivity index (χ0n) is 13.6. The molecule has 3 aromatic heterocycles. The second-order valence-electron chi connectivity index (χ2n) is 5.43. The summed E-state index contributed by atoms with van der Waals surface area (Å²) in [6.45, 7) is 0. The van der Waals surface area contributed by atoms with Crippen molar-refractivity contribution < 1.29 is 9.21 Å². The van der Waals surface area contributed by atoms with E-state index in [0.29, 0.717) is 23.3 Å². The fraction of sp³-hybridized carbons (Fsp3) is 0.111. The largest absolute Gasteiger partial charge is 0.421 e. The van der Waals surface area contributed by atoms with Crippen LogP contribution in [-0.4, -0.2) is 21.1 Å². The summed E-state index contributed by atoms with van der Waals surface area (Å²) < 4.78 is 5.61. The highest BCUT2D eigenvalue weighted by Gasteiger charge is 2.12. The number of thiophene rings is 1. The molecular weight excluding hydrogens is 368 g/mol. The van der Waals surface area contributed by atoms with Gasteiger partial charge in [0.2, 0.25) is 17.7 Å². The summed E-state index contributed by atoms with van der Waals surface area (Å²) in [7, 11) is 0. The molecule has 1 aromatic carbocycles. The number of aryl methyl sites for hydroxylation is 1. The third kappa shape index (κ3) is 3.87. The molecule has 0 aliphatic rings. The standard InChI is InChI=1S/C18H14N4O2S2/c23-15(20-18-19-13(11-26-18)14-7-4-10-25-14)8-9-16-21-22-17(24-16)12-5-2-1-3-6-12/h1-7,10-11H,8-9H2,(H,19,20,23). The van der Waals surface area contributed by atoms with Crippen molar-refractivity contribution >= 4 is 33.7 Å². The van der Waals surface area contributed by atoms with E-state index in [1.807, 2.05) is 53.2 Å². The fourth-order valence-corrected chi connectivity index (χ4v) is 3.81. The average molecular weight is 382 g/mol. The van der Waals surface area contributed by atoms with Crippen molar-refractivity contribution in [3.8, 4) is 22.0 Å². The first-order chi connectivity index (χ1) is 12.8. The molecule has 0 atom stereocenters. The van der Waals surface area contributed by atoms with Crippen LogP contribution in [0.2, 0.25) is 0 Å². The van der Waals surface area contributed by atoms with Crippen LogP contribution in [0.3, 0.4) is 0 Å². The minimum atomic E-state index is -0.128. The highest BCUT2D eigenvalue weighted by atomic mass is 32.1. The van der Waals surface area contributed by atoms with Gasteiger partial charge in [-0.2, -0.15) is 0 Å². The van der Waals surface area contributed by atoms with Gasteiger partial charge in [-0.25, -0.2) is 4.98 Å². The van der Waals surface area contributed by atoms with Crippen LogP contribution in [0.1, 0.15) is 12.3 Å². The molecular formula is C18H14N4O2S2. The molecule has 4 aromatic rings. The van der Waals surface area contributed by atoms with Crippen LogP contribution < -0.4 is 5.32 Å². The van der Waals surface area contributed by atoms with Crippen LogP contribution >= 0.6 is 22.7 Å². The van der Waals surface area contributed by atoms with Crippen molar-refractivity contribution in [2.75, 3.05) is 5.32 Å². The van der Waals surface area contributed by atoms with Crippen molar-refractivity contribution in [2.24, 2.45) is 0 Å². The Morgan fingerprint density at radius 3 is 2.77 bits per heavy atom. The number of thiazole rings is 1. The van der Waals surface area contributed by atoms with E-state index < -0.39 is 0 Å². The predicted molar refractivity (Wildman–Crippen MR) is 102 cm³/mol. The van der Waals surface area contributed by atoms with Gasteiger partial charge in [0.25, 0.3) is 0 Å². The number of carbonyl (C=O) groups is 1. The van der Waals surface area contributed by atoms with E-state index in [1.165, 1.54) is 11.3 Å². The number of nitrogens with zero attached hydrogens (tertiary/aromatic N) is 3. The summed E-state index contributed by atoms with van der Waals surface area (Å²) in [4.78, 5) is 17.6. The smallest absolute Gasteiger partial charge is 0.247 e. The Morgan fingerprint density at radius 1 is 1.08 bits per heavy atom. The van der Waals surface area contributed by atoms with Crippen molar-refractivity contribution in [3.63, 3.8) is 0 Å². The number of hydrogen-bond donors (Lipinski definition) is 1. The Kier molecular flexibility index (Phi) is 4.85. The Labute approximate surface area is 157 Å². The van der Waals surface area contributed by atoms with Gasteiger partial charge < -0.3 is 9.73 Å². The van der Waals surface area contributed by atoms with Crippen molar-refractivity contribution in [1.29, 1.82) is 0 Å². The monoisotopic (exact) mass is 382 g/mol. The zero-order chi connectivity index (χ0) is 17.8. The molecule has 0 radical (unpaired) electrons. The van der Waals surface area contributed by atoms with Crippen LogP contribution in [0.5, 0.6) is 0 Å². The van der Waals surface area contributed by atoms with Gasteiger partial charge in [0.1, 0.15) is 0 Å². The molecule has 0 saturated carbocycles. The number of aromatic nitrogens is 3. The second-order valence-corrected chi connectivity index (χ2v) is 7.24. The number of anilines is 1. The lowest BCUT2D eigenvalue weighted by molar-refractivity contribution is -0.116. The molecule has 6 nitrogen and oxygen atoms in total. The van der Waals surface area contributed by atoms with Gasteiger partial charge in [0, 0.05) is 23.8 Å². The lowest BCUT2D eigenvalue weighted by atomic mass is 10.2. The Balaban J connectivity index is 1.32. The molecule has 26 heavy (non-hydrogen) atoms. The lowest BCUT2D eigenvalue weighted by Gasteiger charge is -1.99. The highest BCUT2D eigenvalue weighted by Crippen LogP contribution is 2.28. The molecule has 0 bridgehead atoms. The molecule has 0 aliphatic carbocycles. The van der Waals surface area contributed by atoms with E-state index in [1.54, 1.807) is 11.3 Å². The average Bonchev–Trinajstić information content (AvgIpc) is 3.41. The number of amides is 1. The number of benzene rings is 1. The SMILES string of the molecule is O=C(CCc1nnc(-c2ccccc2)o1)Nc1nc(-c2cccs2)cs1. The molecule has 0 saturated heterocycles. The first kappa shape index (κ1) is 16.6. The minimum absolute atomic E-state index is 0.128. The Bertz CT molecular complexity index is 993.